The second kappa shape index (κ2) is 7.35. The normalized spacial score (nSPS) is 12.6. The van der Waals surface area contributed by atoms with Crippen molar-refractivity contribution in [2.24, 2.45) is 0 Å². The van der Waals surface area contributed by atoms with Gasteiger partial charge < -0.3 is 24.6 Å². The van der Waals surface area contributed by atoms with E-state index in [0.29, 0.717) is 36.0 Å². The maximum atomic E-state index is 12.8. The first kappa shape index (κ1) is 17.6. The molecule has 0 spiro atoms. The number of carboxylic acids is 1. The molecule has 1 aliphatic rings. The number of hydrogen-bond donors (Lipinski definition) is 2. The molecule has 3 rings (SSSR count). The molecule has 1 amide bonds. The van der Waals surface area contributed by atoms with Crippen LogP contribution in [0.2, 0.25) is 0 Å². The summed E-state index contributed by atoms with van der Waals surface area (Å²) in [4.78, 5) is 24.0. The molecular weight excluding hydrogens is 338 g/mol. The molecule has 0 saturated carbocycles. The van der Waals surface area contributed by atoms with Crippen molar-refractivity contribution in [3.63, 3.8) is 0 Å². The van der Waals surface area contributed by atoms with Crippen LogP contribution >= 0.6 is 0 Å². The maximum Gasteiger partial charge on any atom is 0.335 e. The first-order valence-electron chi connectivity index (χ1n) is 8.19. The van der Waals surface area contributed by atoms with Crippen LogP contribution in [-0.2, 0) is 0 Å². The summed E-state index contributed by atoms with van der Waals surface area (Å²) in [6.07, 6.45) is -0.137. The first-order valence-corrected chi connectivity index (χ1v) is 8.19. The van der Waals surface area contributed by atoms with Gasteiger partial charge in [-0.3, -0.25) is 4.79 Å². The van der Waals surface area contributed by atoms with Gasteiger partial charge >= 0.3 is 5.97 Å². The van der Waals surface area contributed by atoms with Gasteiger partial charge in [0.05, 0.1) is 22.9 Å². The Balaban J connectivity index is 1.93. The molecular formula is C19H19NO6. The van der Waals surface area contributed by atoms with Gasteiger partial charge in [-0.1, -0.05) is 6.07 Å². The standard InChI is InChI=1S/C19H19NO6/c1-11(2)26-15-7-6-12(19(22)23)10-14(15)20-18(21)13-4-3-5-16-17(13)25-9-8-24-16/h3-7,10-11H,8-9H2,1-2H3,(H,20,21)(H,22,23). The van der Waals surface area contributed by atoms with Gasteiger partial charge in [0, 0.05) is 0 Å². The fourth-order valence-corrected chi connectivity index (χ4v) is 2.56. The van der Waals surface area contributed by atoms with E-state index in [9.17, 15) is 14.7 Å². The molecule has 7 nitrogen and oxygen atoms in total. The molecule has 0 saturated heterocycles. The van der Waals surface area contributed by atoms with E-state index in [1.807, 2.05) is 13.8 Å². The molecule has 0 unspecified atom stereocenters. The van der Waals surface area contributed by atoms with Gasteiger partial charge in [-0.2, -0.15) is 0 Å². The summed E-state index contributed by atoms with van der Waals surface area (Å²) in [5.74, 6) is -0.270. The van der Waals surface area contributed by atoms with E-state index in [1.54, 1.807) is 18.2 Å². The zero-order valence-electron chi connectivity index (χ0n) is 14.4. The third-order valence-electron chi connectivity index (χ3n) is 3.65. The van der Waals surface area contributed by atoms with E-state index < -0.39 is 11.9 Å². The number of para-hydroxylation sites is 1. The van der Waals surface area contributed by atoms with E-state index in [2.05, 4.69) is 5.32 Å². The highest BCUT2D eigenvalue weighted by Gasteiger charge is 2.22. The number of ether oxygens (including phenoxy) is 3. The zero-order chi connectivity index (χ0) is 18.7. The van der Waals surface area contributed by atoms with Gasteiger partial charge in [-0.05, 0) is 44.2 Å². The van der Waals surface area contributed by atoms with Gasteiger partial charge in [-0.25, -0.2) is 4.79 Å². The predicted octanol–water partition coefficient (Wildman–Crippen LogP) is 3.20. The summed E-state index contributed by atoms with van der Waals surface area (Å²) >= 11 is 0. The summed E-state index contributed by atoms with van der Waals surface area (Å²) in [5, 5.41) is 11.9. The van der Waals surface area contributed by atoms with E-state index in [1.165, 1.54) is 18.2 Å². The number of carbonyl (C=O) groups is 2. The molecule has 0 radical (unpaired) electrons. The summed E-state index contributed by atoms with van der Waals surface area (Å²) in [6.45, 7) is 4.46. The fourth-order valence-electron chi connectivity index (χ4n) is 2.56. The molecule has 0 atom stereocenters. The molecule has 0 bridgehead atoms. The predicted molar refractivity (Wildman–Crippen MR) is 94.6 cm³/mol. The zero-order valence-corrected chi connectivity index (χ0v) is 14.4. The van der Waals surface area contributed by atoms with Crippen LogP contribution in [0.3, 0.4) is 0 Å². The van der Waals surface area contributed by atoms with Crippen LogP contribution in [0.15, 0.2) is 36.4 Å². The van der Waals surface area contributed by atoms with Crippen LogP contribution < -0.4 is 19.5 Å². The number of rotatable bonds is 5. The average molecular weight is 357 g/mol. The largest absolute Gasteiger partial charge is 0.489 e. The number of hydrogen-bond acceptors (Lipinski definition) is 5. The van der Waals surface area contributed by atoms with Crippen molar-refractivity contribution in [1.29, 1.82) is 0 Å². The van der Waals surface area contributed by atoms with Crippen molar-refractivity contribution in [3.05, 3.63) is 47.5 Å². The Morgan fingerprint density at radius 1 is 1.15 bits per heavy atom. The van der Waals surface area contributed by atoms with Gasteiger partial charge in [-0.15, -0.1) is 0 Å². The average Bonchev–Trinajstić information content (AvgIpc) is 2.62. The molecule has 7 heteroatoms. The monoisotopic (exact) mass is 357 g/mol. The van der Waals surface area contributed by atoms with Gasteiger partial charge in [0.1, 0.15) is 19.0 Å². The van der Waals surface area contributed by atoms with Crippen molar-refractivity contribution >= 4 is 17.6 Å². The Morgan fingerprint density at radius 2 is 1.92 bits per heavy atom. The summed E-state index contributed by atoms with van der Waals surface area (Å²) in [6, 6.07) is 9.36. The summed E-state index contributed by atoms with van der Waals surface area (Å²) in [5.41, 5.74) is 0.627. The lowest BCUT2D eigenvalue weighted by Crippen LogP contribution is -2.20. The first-order chi connectivity index (χ1) is 12.5. The second-order valence-electron chi connectivity index (χ2n) is 5.97. The minimum absolute atomic E-state index is 0.0473. The number of anilines is 1. The summed E-state index contributed by atoms with van der Waals surface area (Å²) < 4.78 is 16.7. The Morgan fingerprint density at radius 3 is 2.65 bits per heavy atom. The molecule has 26 heavy (non-hydrogen) atoms. The minimum Gasteiger partial charge on any atom is -0.489 e. The number of amides is 1. The topological polar surface area (TPSA) is 94.1 Å². The third-order valence-corrected chi connectivity index (χ3v) is 3.65. The van der Waals surface area contributed by atoms with Gasteiger partial charge in [0.25, 0.3) is 5.91 Å². The highest BCUT2D eigenvalue weighted by molar-refractivity contribution is 6.08. The number of carboxylic acid groups (broad SMARTS) is 1. The lowest BCUT2D eigenvalue weighted by molar-refractivity contribution is 0.0696. The number of fused-ring (bicyclic) bond motifs is 1. The number of carbonyl (C=O) groups excluding carboxylic acids is 1. The lowest BCUT2D eigenvalue weighted by atomic mass is 10.1. The maximum absolute atomic E-state index is 12.8. The molecule has 1 heterocycles. The van der Waals surface area contributed by atoms with Crippen LogP contribution in [0, 0.1) is 0 Å². The van der Waals surface area contributed by atoms with E-state index >= 15 is 0 Å². The van der Waals surface area contributed by atoms with Crippen molar-refractivity contribution in [1.82, 2.24) is 0 Å². The smallest absolute Gasteiger partial charge is 0.335 e. The molecule has 2 aromatic rings. The van der Waals surface area contributed by atoms with E-state index in [0.717, 1.165) is 0 Å². The number of aromatic carboxylic acids is 1. The Bertz CT molecular complexity index is 846. The van der Waals surface area contributed by atoms with Crippen LogP contribution in [0.5, 0.6) is 17.2 Å². The van der Waals surface area contributed by atoms with Crippen LogP contribution in [0.25, 0.3) is 0 Å². The van der Waals surface area contributed by atoms with Crippen molar-refractivity contribution in [2.75, 3.05) is 18.5 Å². The van der Waals surface area contributed by atoms with Crippen molar-refractivity contribution in [3.8, 4) is 17.2 Å². The second-order valence-corrected chi connectivity index (χ2v) is 5.97. The highest BCUT2D eigenvalue weighted by atomic mass is 16.6. The Labute approximate surface area is 150 Å². The molecule has 1 aliphatic heterocycles. The van der Waals surface area contributed by atoms with Crippen molar-refractivity contribution < 1.29 is 28.9 Å². The highest BCUT2D eigenvalue weighted by Crippen LogP contribution is 2.35. The lowest BCUT2D eigenvalue weighted by Gasteiger charge is -2.21. The number of benzene rings is 2. The Hall–Kier alpha value is -3.22. The molecule has 0 aliphatic carbocycles. The van der Waals surface area contributed by atoms with Gasteiger partial charge in [0.2, 0.25) is 0 Å². The van der Waals surface area contributed by atoms with Gasteiger partial charge in [0.15, 0.2) is 11.5 Å². The Kier molecular flexibility index (Phi) is 4.97. The van der Waals surface area contributed by atoms with Crippen molar-refractivity contribution in [2.45, 2.75) is 20.0 Å². The molecule has 136 valence electrons. The molecule has 2 N–H and O–H groups in total. The van der Waals surface area contributed by atoms with Crippen LogP contribution in [0.4, 0.5) is 5.69 Å². The molecule has 0 aromatic heterocycles. The number of nitrogens with one attached hydrogen (secondary N) is 1. The van der Waals surface area contributed by atoms with Crippen LogP contribution in [0.1, 0.15) is 34.6 Å². The third kappa shape index (κ3) is 3.72. The SMILES string of the molecule is CC(C)Oc1ccc(C(=O)O)cc1NC(=O)c1cccc2c1OCCO2. The summed E-state index contributed by atoms with van der Waals surface area (Å²) in [7, 11) is 0. The van der Waals surface area contributed by atoms with E-state index in [-0.39, 0.29) is 17.4 Å². The molecule has 0 fully saturated rings. The molecule has 2 aromatic carbocycles. The quantitative estimate of drug-likeness (QED) is 0.853. The van der Waals surface area contributed by atoms with E-state index in [4.69, 9.17) is 14.2 Å². The van der Waals surface area contributed by atoms with Crippen LogP contribution in [-0.4, -0.2) is 36.3 Å². The fraction of sp³-hybridized carbons (Fsp3) is 0.263. The minimum atomic E-state index is -1.09.